The lowest BCUT2D eigenvalue weighted by molar-refractivity contribution is -0.385. The Morgan fingerprint density at radius 1 is 1.53 bits per heavy atom. The van der Waals surface area contributed by atoms with E-state index in [0.29, 0.717) is 0 Å². The SMILES string of the molecule is NC(=O)C(O)CNC(=O)c1c(Cl)cccc1[N+](=O)[O-]. The third-order valence-corrected chi connectivity index (χ3v) is 2.51. The minimum absolute atomic E-state index is 0.111. The summed E-state index contributed by atoms with van der Waals surface area (Å²) in [6.07, 6.45) is -1.58. The zero-order valence-corrected chi connectivity index (χ0v) is 10.3. The standard InChI is InChI=1S/C10H10ClN3O5/c11-5-2-1-3-6(14(18)19)8(5)10(17)13-4-7(15)9(12)16/h1-3,7,15H,4H2,(H2,12,16)(H,13,17). The fraction of sp³-hybridized carbons (Fsp3) is 0.200. The van der Waals surface area contributed by atoms with Crippen LogP contribution in [-0.2, 0) is 4.79 Å². The van der Waals surface area contributed by atoms with Crippen LogP contribution in [0, 0.1) is 10.1 Å². The smallest absolute Gasteiger partial charge is 0.283 e. The van der Waals surface area contributed by atoms with Crippen molar-refractivity contribution in [1.29, 1.82) is 0 Å². The molecule has 0 aliphatic carbocycles. The summed E-state index contributed by atoms with van der Waals surface area (Å²) in [6, 6.07) is 3.76. The number of halogens is 1. The van der Waals surface area contributed by atoms with Crippen molar-refractivity contribution in [3.8, 4) is 0 Å². The molecule has 0 aromatic heterocycles. The van der Waals surface area contributed by atoms with Crippen molar-refractivity contribution >= 4 is 29.1 Å². The van der Waals surface area contributed by atoms with Gasteiger partial charge in [0, 0.05) is 6.07 Å². The van der Waals surface area contributed by atoms with E-state index in [1.807, 2.05) is 0 Å². The van der Waals surface area contributed by atoms with Crippen molar-refractivity contribution in [3.63, 3.8) is 0 Å². The number of hydrogen-bond donors (Lipinski definition) is 3. The van der Waals surface area contributed by atoms with Gasteiger partial charge in [0.15, 0.2) is 0 Å². The highest BCUT2D eigenvalue weighted by molar-refractivity contribution is 6.34. The topological polar surface area (TPSA) is 136 Å². The molecule has 0 spiro atoms. The van der Waals surface area contributed by atoms with Crippen LogP contribution in [0.5, 0.6) is 0 Å². The molecule has 0 bridgehead atoms. The number of benzene rings is 1. The number of amides is 2. The van der Waals surface area contributed by atoms with Crippen molar-refractivity contribution in [2.45, 2.75) is 6.10 Å². The molecule has 0 saturated heterocycles. The van der Waals surface area contributed by atoms with E-state index in [1.165, 1.54) is 12.1 Å². The van der Waals surface area contributed by atoms with E-state index in [1.54, 1.807) is 0 Å². The molecule has 102 valence electrons. The quantitative estimate of drug-likeness (QED) is 0.510. The number of carbonyl (C=O) groups excluding carboxylic acids is 2. The average Bonchev–Trinajstić information content (AvgIpc) is 2.34. The van der Waals surface area contributed by atoms with E-state index >= 15 is 0 Å². The van der Waals surface area contributed by atoms with Gasteiger partial charge in [-0.15, -0.1) is 0 Å². The number of primary amides is 1. The first-order chi connectivity index (χ1) is 8.84. The Labute approximate surface area is 112 Å². The Balaban J connectivity index is 2.94. The van der Waals surface area contributed by atoms with Gasteiger partial charge in [-0.25, -0.2) is 0 Å². The van der Waals surface area contributed by atoms with Gasteiger partial charge in [0.25, 0.3) is 11.6 Å². The second-order valence-electron chi connectivity index (χ2n) is 3.52. The molecule has 2 amide bonds. The van der Waals surface area contributed by atoms with Crippen LogP contribution in [-0.4, -0.2) is 34.5 Å². The summed E-state index contributed by atoms with van der Waals surface area (Å²) in [5.74, 6) is -1.90. The van der Waals surface area contributed by atoms with Gasteiger partial charge in [-0.1, -0.05) is 17.7 Å². The van der Waals surface area contributed by atoms with Gasteiger partial charge in [-0.3, -0.25) is 19.7 Å². The van der Waals surface area contributed by atoms with Gasteiger partial charge in [0.2, 0.25) is 5.91 Å². The van der Waals surface area contributed by atoms with Crippen molar-refractivity contribution < 1.29 is 19.6 Å². The maximum absolute atomic E-state index is 11.8. The van der Waals surface area contributed by atoms with Crippen molar-refractivity contribution in [2.75, 3.05) is 6.54 Å². The summed E-state index contributed by atoms with van der Waals surface area (Å²) >= 11 is 5.73. The van der Waals surface area contributed by atoms with E-state index in [2.05, 4.69) is 5.32 Å². The zero-order chi connectivity index (χ0) is 14.6. The van der Waals surface area contributed by atoms with Crippen molar-refractivity contribution in [1.82, 2.24) is 5.32 Å². The summed E-state index contributed by atoms with van der Waals surface area (Å²) in [5.41, 5.74) is 3.98. The molecule has 1 rings (SSSR count). The number of nitro groups is 1. The number of nitrogens with zero attached hydrogens (tertiary/aromatic N) is 1. The van der Waals surface area contributed by atoms with Gasteiger partial charge >= 0.3 is 0 Å². The molecule has 0 saturated carbocycles. The van der Waals surface area contributed by atoms with Crippen LogP contribution in [0.2, 0.25) is 5.02 Å². The maximum Gasteiger partial charge on any atom is 0.283 e. The van der Waals surface area contributed by atoms with Crippen LogP contribution in [0.4, 0.5) is 5.69 Å². The lowest BCUT2D eigenvalue weighted by Crippen LogP contribution is -2.40. The van der Waals surface area contributed by atoms with Gasteiger partial charge < -0.3 is 16.2 Å². The Morgan fingerprint density at radius 3 is 2.68 bits per heavy atom. The Kier molecular flexibility index (Phi) is 4.79. The number of aliphatic hydroxyl groups is 1. The Hall–Kier alpha value is -2.19. The van der Waals surface area contributed by atoms with E-state index in [-0.39, 0.29) is 10.6 Å². The number of aliphatic hydroxyl groups excluding tert-OH is 1. The monoisotopic (exact) mass is 287 g/mol. The number of nitrogens with one attached hydrogen (secondary N) is 1. The van der Waals surface area contributed by atoms with Crippen LogP contribution in [0.1, 0.15) is 10.4 Å². The summed E-state index contributed by atoms with van der Waals surface area (Å²) in [7, 11) is 0. The van der Waals surface area contributed by atoms with Gasteiger partial charge in [0.05, 0.1) is 16.5 Å². The molecule has 19 heavy (non-hydrogen) atoms. The molecule has 0 aliphatic rings. The molecular formula is C10H10ClN3O5. The minimum atomic E-state index is -1.58. The van der Waals surface area contributed by atoms with E-state index in [9.17, 15) is 19.7 Å². The van der Waals surface area contributed by atoms with Gasteiger partial charge in [0.1, 0.15) is 11.7 Å². The van der Waals surface area contributed by atoms with Crippen LogP contribution < -0.4 is 11.1 Å². The second-order valence-corrected chi connectivity index (χ2v) is 3.93. The van der Waals surface area contributed by atoms with Crippen molar-refractivity contribution in [3.05, 3.63) is 38.9 Å². The predicted octanol–water partition coefficient (Wildman–Crippen LogP) is -0.176. The van der Waals surface area contributed by atoms with E-state index in [0.717, 1.165) is 6.07 Å². The summed E-state index contributed by atoms with van der Waals surface area (Å²) in [5, 5.41) is 21.9. The Morgan fingerprint density at radius 2 is 2.16 bits per heavy atom. The molecule has 1 aromatic rings. The third-order valence-electron chi connectivity index (χ3n) is 2.20. The fourth-order valence-electron chi connectivity index (χ4n) is 1.27. The maximum atomic E-state index is 11.8. The highest BCUT2D eigenvalue weighted by atomic mass is 35.5. The number of hydrogen-bond acceptors (Lipinski definition) is 5. The summed E-state index contributed by atoms with van der Waals surface area (Å²) < 4.78 is 0. The predicted molar refractivity (Wildman–Crippen MR) is 65.6 cm³/mol. The fourth-order valence-corrected chi connectivity index (χ4v) is 1.52. The molecule has 0 fully saturated rings. The first kappa shape index (κ1) is 14.9. The highest BCUT2D eigenvalue weighted by Gasteiger charge is 2.24. The Bertz CT molecular complexity index is 534. The molecule has 8 nitrogen and oxygen atoms in total. The molecule has 4 N–H and O–H groups in total. The zero-order valence-electron chi connectivity index (χ0n) is 9.50. The first-order valence-electron chi connectivity index (χ1n) is 5.03. The van der Waals surface area contributed by atoms with E-state index < -0.39 is 35.1 Å². The van der Waals surface area contributed by atoms with E-state index in [4.69, 9.17) is 22.4 Å². The summed E-state index contributed by atoms with van der Waals surface area (Å²) in [4.78, 5) is 32.3. The molecular weight excluding hydrogens is 278 g/mol. The molecule has 1 aromatic carbocycles. The number of carbonyl (C=O) groups is 2. The molecule has 0 heterocycles. The highest BCUT2D eigenvalue weighted by Crippen LogP contribution is 2.25. The number of nitrogens with two attached hydrogens (primary N) is 1. The molecule has 0 radical (unpaired) electrons. The van der Waals surface area contributed by atoms with Crippen LogP contribution in [0.3, 0.4) is 0 Å². The molecule has 0 aliphatic heterocycles. The van der Waals surface area contributed by atoms with Gasteiger partial charge in [-0.2, -0.15) is 0 Å². The lowest BCUT2D eigenvalue weighted by Gasteiger charge is -2.09. The molecule has 1 atom stereocenters. The molecule has 9 heteroatoms. The first-order valence-corrected chi connectivity index (χ1v) is 5.41. The van der Waals surface area contributed by atoms with Crippen molar-refractivity contribution in [2.24, 2.45) is 5.73 Å². The normalized spacial score (nSPS) is 11.7. The minimum Gasteiger partial charge on any atom is -0.381 e. The number of nitro benzene ring substituents is 1. The lowest BCUT2D eigenvalue weighted by atomic mass is 10.1. The number of rotatable bonds is 5. The van der Waals surface area contributed by atoms with Gasteiger partial charge in [-0.05, 0) is 6.07 Å². The largest absolute Gasteiger partial charge is 0.381 e. The molecule has 1 unspecified atom stereocenters. The van der Waals surface area contributed by atoms with Crippen LogP contribution >= 0.6 is 11.6 Å². The van der Waals surface area contributed by atoms with Crippen LogP contribution in [0.15, 0.2) is 18.2 Å². The van der Waals surface area contributed by atoms with Crippen LogP contribution in [0.25, 0.3) is 0 Å². The average molecular weight is 288 g/mol. The second kappa shape index (κ2) is 6.12. The third kappa shape index (κ3) is 3.63. The summed E-state index contributed by atoms with van der Waals surface area (Å²) in [6.45, 7) is -0.462.